The van der Waals surface area contributed by atoms with Crippen LogP contribution in [0, 0.1) is 0 Å². The van der Waals surface area contributed by atoms with Crippen LogP contribution in [-0.2, 0) is 6.42 Å². The second kappa shape index (κ2) is 5.77. The van der Waals surface area contributed by atoms with Crippen molar-refractivity contribution in [3.63, 3.8) is 0 Å². The largest absolute Gasteiger partial charge is 0.271 e. The molecule has 0 spiro atoms. The molecule has 3 N–H and O–H groups in total. The zero-order valence-corrected chi connectivity index (χ0v) is 11.0. The summed E-state index contributed by atoms with van der Waals surface area (Å²) in [5.41, 5.74) is 6.68. The molecule has 0 saturated heterocycles. The van der Waals surface area contributed by atoms with Crippen molar-refractivity contribution in [2.24, 2.45) is 5.84 Å². The lowest BCUT2D eigenvalue weighted by Gasteiger charge is -2.15. The Kier molecular flexibility index (Phi) is 3.67. The van der Waals surface area contributed by atoms with E-state index >= 15 is 0 Å². The molecule has 0 amide bonds. The van der Waals surface area contributed by atoms with Gasteiger partial charge in [0, 0.05) is 0 Å². The Balaban J connectivity index is 1.91. The summed E-state index contributed by atoms with van der Waals surface area (Å²) in [6.07, 6.45) is 2.57. The van der Waals surface area contributed by atoms with E-state index < -0.39 is 0 Å². The number of nitrogens with one attached hydrogen (secondary N) is 1. The molecule has 100 valence electrons. The van der Waals surface area contributed by atoms with Crippen molar-refractivity contribution in [3.8, 4) is 0 Å². The minimum absolute atomic E-state index is 0.0468. The van der Waals surface area contributed by atoms with E-state index in [4.69, 9.17) is 5.84 Å². The van der Waals surface area contributed by atoms with Crippen LogP contribution in [0.1, 0.15) is 17.3 Å². The number of benzene rings is 2. The minimum Gasteiger partial charge on any atom is -0.271 e. The van der Waals surface area contributed by atoms with Crippen molar-refractivity contribution in [2.45, 2.75) is 12.5 Å². The number of rotatable bonds is 4. The van der Waals surface area contributed by atoms with E-state index in [2.05, 4.69) is 27.5 Å². The summed E-state index contributed by atoms with van der Waals surface area (Å²) < 4.78 is 0. The van der Waals surface area contributed by atoms with E-state index in [1.807, 2.05) is 42.5 Å². The van der Waals surface area contributed by atoms with Gasteiger partial charge >= 0.3 is 0 Å². The predicted octanol–water partition coefficient (Wildman–Crippen LogP) is 2.38. The Morgan fingerprint density at radius 1 is 0.950 bits per heavy atom. The maximum absolute atomic E-state index is 5.68. The van der Waals surface area contributed by atoms with E-state index in [1.54, 1.807) is 6.20 Å². The number of hydrogen-bond acceptors (Lipinski definition) is 4. The molecule has 0 aliphatic heterocycles. The molecule has 0 aliphatic carbocycles. The van der Waals surface area contributed by atoms with Gasteiger partial charge in [0.15, 0.2) is 0 Å². The summed E-state index contributed by atoms with van der Waals surface area (Å²) in [6.45, 7) is 0. The van der Waals surface area contributed by atoms with Crippen molar-refractivity contribution in [1.82, 2.24) is 15.4 Å². The van der Waals surface area contributed by atoms with Crippen molar-refractivity contribution < 1.29 is 0 Å². The Hall–Kier alpha value is -2.30. The molecule has 0 aliphatic rings. The number of aromatic nitrogens is 2. The molecule has 0 saturated carbocycles. The fraction of sp³-hybridized carbons (Fsp3) is 0.125. The molecule has 1 aromatic heterocycles. The second-order valence-corrected chi connectivity index (χ2v) is 4.69. The monoisotopic (exact) mass is 264 g/mol. The van der Waals surface area contributed by atoms with Crippen LogP contribution in [0.3, 0.4) is 0 Å². The molecule has 20 heavy (non-hydrogen) atoms. The lowest BCUT2D eigenvalue weighted by Crippen LogP contribution is -2.30. The maximum atomic E-state index is 5.68. The van der Waals surface area contributed by atoms with Gasteiger partial charge in [-0.15, -0.1) is 0 Å². The van der Waals surface area contributed by atoms with Crippen LogP contribution in [0.2, 0.25) is 0 Å². The van der Waals surface area contributed by atoms with Gasteiger partial charge in [0.2, 0.25) is 0 Å². The molecule has 1 atom stereocenters. The zero-order valence-electron chi connectivity index (χ0n) is 11.0. The molecule has 2 aromatic carbocycles. The SMILES string of the molecule is NNC(Cc1ccccc1)c1cnc2ccccc2n1. The normalized spacial score (nSPS) is 12.4. The molecule has 3 rings (SSSR count). The standard InChI is InChI=1S/C16H16N4/c17-20-15(10-12-6-2-1-3-7-12)16-11-18-13-8-4-5-9-14(13)19-16/h1-9,11,15,20H,10,17H2. The Morgan fingerprint density at radius 3 is 2.40 bits per heavy atom. The fourth-order valence-corrected chi connectivity index (χ4v) is 2.24. The van der Waals surface area contributed by atoms with Crippen LogP contribution in [0.4, 0.5) is 0 Å². The lowest BCUT2D eigenvalue weighted by atomic mass is 10.0. The van der Waals surface area contributed by atoms with Crippen LogP contribution in [0.5, 0.6) is 0 Å². The first-order chi connectivity index (χ1) is 9.86. The molecular weight excluding hydrogens is 248 g/mol. The van der Waals surface area contributed by atoms with Gasteiger partial charge in [0.25, 0.3) is 0 Å². The zero-order chi connectivity index (χ0) is 13.8. The third-order valence-electron chi connectivity index (χ3n) is 3.31. The third-order valence-corrected chi connectivity index (χ3v) is 3.31. The number of fused-ring (bicyclic) bond motifs is 1. The number of nitrogens with two attached hydrogens (primary N) is 1. The third kappa shape index (κ3) is 2.66. The van der Waals surface area contributed by atoms with Crippen molar-refractivity contribution >= 4 is 11.0 Å². The summed E-state index contributed by atoms with van der Waals surface area (Å²) >= 11 is 0. The van der Waals surface area contributed by atoms with Gasteiger partial charge < -0.3 is 0 Å². The number of hydrogen-bond donors (Lipinski definition) is 2. The van der Waals surface area contributed by atoms with Gasteiger partial charge in [-0.25, -0.2) is 4.98 Å². The first-order valence-corrected chi connectivity index (χ1v) is 6.58. The van der Waals surface area contributed by atoms with Crippen molar-refractivity contribution in [1.29, 1.82) is 0 Å². The molecular formula is C16H16N4. The molecule has 1 unspecified atom stereocenters. The summed E-state index contributed by atoms with van der Waals surface area (Å²) in [5.74, 6) is 5.68. The first-order valence-electron chi connectivity index (χ1n) is 6.58. The molecule has 0 fully saturated rings. The highest BCUT2D eigenvalue weighted by Gasteiger charge is 2.13. The Labute approximate surface area is 117 Å². The number of para-hydroxylation sites is 2. The number of nitrogens with zero attached hydrogens (tertiary/aromatic N) is 2. The minimum atomic E-state index is -0.0468. The summed E-state index contributed by atoms with van der Waals surface area (Å²) in [7, 11) is 0. The first kappa shape index (κ1) is 12.7. The average molecular weight is 264 g/mol. The van der Waals surface area contributed by atoms with Crippen molar-refractivity contribution in [3.05, 3.63) is 72.1 Å². The van der Waals surface area contributed by atoms with Crippen molar-refractivity contribution in [2.75, 3.05) is 0 Å². The highest BCUT2D eigenvalue weighted by molar-refractivity contribution is 5.73. The number of hydrazine groups is 1. The van der Waals surface area contributed by atoms with E-state index in [1.165, 1.54) is 5.56 Å². The van der Waals surface area contributed by atoms with Gasteiger partial charge in [-0.05, 0) is 24.1 Å². The average Bonchev–Trinajstić information content (AvgIpc) is 2.53. The highest BCUT2D eigenvalue weighted by Crippen LogP contribution is 2.17. The summed E-state index contributed by atoms with van der Waals surface area (Å²) in [4.78, 5) is 9.07. The smallest absolute Gasteiger partial charge is 0.0890 e. The van der Waals surface area contributed by atoms with E-state index in [0.717, 1.165) is 23.1 Å². The maximum Gasteiger partial charge on any atom is 0.0890 e. The molecule has 0 bridgehead atoms. The molecule has 0 radical (unpaired) electrons. The predicted molar refractivity (Wildman–Crippen MR) is 79.7 cm³/mol. The summed E-state index contributed by atoms with van der Waals surface area (Å²) in [6, 6.07) is 18.0. The quantitative estimate of drug-likeness (QED) is 0.561. The molecule has 4 nitrogen and oxygen atoms in total. The van der Waals surface area contributed by atoms with Crippen LogP contribution in [0.15, 0.2) is 60.8 Å². The fourth-order valence-electron chi connectivity index (χ4n) is 2.24. The van der Waals surface area contributed by atoms with Crippen LogP contribution in [-0.4, -0.2) is 9.97 Å². The van der Waals surface area contributed by atoms with Crippen LogP contribution < -0.4 is 11.3 Å². The lowest BCUT2D eigenvalue weighted by molar-refractivity contribution is 0.538. The molecule has 1 heterocycles. The second-order valence-electron chi connectivity index (χ2n) is 4.69. The van der Waals surface area contributed by atoms with Gasteiger partial charge in [-0.2, -0.15) is 0 Å². The van der Waals surface area contributed by atoms with Gasteiger partial charge in [0.05, 0.1) is 29.0 Å². The van der Waals surface area contributed by atoms with Gasteiger partial charge in [-0.3, -0.25) is 16.3 Å². The van der Waals surface area contributed by atoms with E-state index in [-0.39, 0.29) is 6.04 Å². The van der Waals surface area contributed by atoms with E-state index in [0.29, 0.717) is 0 Å². The van der Waals surface area contributed by atoms with Crippen LogP contribution in [0.25, 0.3) is 11.0 Å². The molecule has 4 heteroatoms. The highest BCUT2D eigenvalue weighted by atomic mass is 15.2. The van der Waals surface area contributed by atoms with Crippen LogP contribution >= 0.6 is 0 Å². The summed E-state index contributed by atoms with van der Waals surface area (Å²) in [5, 5.41) is 0. The topological polar surface area (TPSA) is 63.8 Å². The van der Waals surface area contributed by atoms with Gasteiger partial charge in [-0.1, -0.05) is 42.5 Å². The van der Waals surface area contributed by atoms with Gasteiger partial charge in [0.1, 0.15) is 0 Å². The Bertz CT molecular complexity index is 697. The Morgan fingerprint density at radius 2 is 1.65 bits per heavy atom. The van der Waals surface area contributed by atoms with E-state index in [9.17, 15) is 0 Å². The molecule has 3 aromatic rings.